The molecular weight excluding hydrogens is 173 g/mol. The Hall–Kier alpha value is 0.240. The summed E-state index contributed by atoms with van der Waals surface area (Å²) in [6, 6.07) is 0. The lowest BCUT2D eigenvalue weighted by atomic mass is 9.83. The van der Waals surface area contributed by atoms with E-state index in [0.29, 0.717) is 10.7 Å². The summed E-state index contributed by atoms with van der Waals surface area (Å²) in [5, 5.41) is 3.34. The molecule has 2 fully saturated rings. The lowest BCUT2D eigenvalue weighted by Gasteiger charge is -2.37. The van der Waals surface area contributed by atoms with Gasteiger partial charge in [-0.2, -0.15) is 11.8 Å². The highest BCUT2D eigenvalue weighted by Crippen LogP contribution is 2.48. The van der Waals surface area contributed by atoms with Gasteiger partial charge in [-0.05, 0) is 38.1 Å². The molecule has 0 saturated carbocycles. The zero-order valence-electron chi connectivity index (χ0n) is 7.31. The van der Waals surface area contributed by atoms with E-state index in [4.69, 9.17) is 0 Å². The van der Waals surface area contributed by atoms with Gasteiger partial charge in [0.2, 0.25) is 0 Å². The first-order chi connectivity index (χ1) is 5.87. The van der Waals surface area contributed by atoms with Crippen molar-refractivity contribution >= 4 is 11.8 Å². The maximum absolute atomic E-state index is 12.7. The summed E-state index contributed by atoms with van der Waals surface area (Å²) in [6.45, 7) is 2.07. The van der Waals surface area contributed by atoms with Crippen LogP contribution >= 0.6 is 11.8 Å². The number of alkyl halides is 1. The molecule has 2 heterocycles. The van der Waals surface area contributed by atoms with E-state index in [1.54, 1.807) is 0 Å². The van der Waals surface area contributed by atoms with Crippen molar-refractivity contribution in [3.63, 3.8) is 0 Å². The molecule has 0 aromatic carbocycles. The van der Waals surface area contributed by atoms with Crippen LogP contribution in [0, 0.1) is 5.92 Å². The molecule has 0 radical (unpaired) electrons. The van der Waals surface area contributed by atoms with Crippen molar-refractivity contribution in [2.75, 3.05) is 25.5 Å². The second-order valence-electron chi connectivity index (χ2n) is 3.80. The minimum Gasteiger partial charge on any atom is -0.317 e. The number of nitrogens with one attached hydrogen (secondary N) is 1. The van der Waals surface area contributed by atoms with Gasteiger partial charge in [-0.15, -0.1) is 0 Å². The van der Waals surface area contributed by atoms with Gasteiger partial charge in [0.25, 0.3) is 0 Å². The van der Waals surface area contributed by atoms with Gasteiger partial charge in [0.15, 0.2) is 0 Å². The molecule has 0 bridgehead atoms. The molecule has 2 aliphatic heterocycles. The second kappa shape index (κ2) is 3.54. The molecule has 0 amide bonds. The van der Waals surface area contributed by atoms with Gasteiger partial charge in [0, 0.05) is 10.7 Å². The van der Waals surface area contributed by atoms with E-state index in [9.17, 15) is 4.39 Å². The number of piperidine rings is 1. The third kappa shape index (κ3) is 1.37. The first-order valence-corrected chi connectivity index (χ1v) is 5.77. The lowest BCUT2D eigenvalue weighted by molar-refractivity contribution is 0.252. The van der Waals surface area contributed by atoms with Gasteiger partial charge >= 0.3 is 0 Å². The van der Waals surface area contributed by atoms with Crippen LogP contribution in [-0.2, 0) is 0 Å². The summed E-state index contributed by atoms with van der Waals surface area (Å²) >= 11 is 2.02. The average molecular weight is 189 g/mol. The molecule has 1 spiro atoms. The van der Waals surface area contributed by atoms with E-state index in [1.807, 2.05) is 11.8 Å². The van der Waals surface area contributed by atoms with E-state index in [0.717, 1.165) is 19.5 Å². The fourth-order valence-corrected chi connectivity index (χ4v) is 4.12. The fourth-order valence-electron chi connectivity index (χ4n) is 2.41. The quantitative estimate of drug-likeness (QED) is 0.675. The van der Waals surface area contributed by atoms with Gasteiger partial charge in [-0.3, -0.25) is 4.39 Å². The summed E-state index contributed by atoms with van der Waals surface area (Å²) in [4.78, 5) is 0. The number of hydrogen-bond donors (Lipinski definition) is 1. The Kier molecular flexibility index (Phi) is 2.60. The maximum atomic E-state index is 12.7. The summed E-state index contributed by atoms with van der Waals surface area (Å²) in [5.74, 6) is 1.53. The van der Waals surface area contributed by atoms with Crippen molar-refractivity contribution in [3.05, 3.63) is 0 Å². The van der Waals surface area contributed by atoms with E-state index in [1.165, 1.54) is 18.6 Å². The first-order valence-electron chi connectivity index (χ1n) is 4.78. The van der Waals surface area contributed by atoms with E-state index < -0.39 is 0 Å². The standard InChI is InChI=1S/C9H16FNS/c10-7-8-1-6-12-9(8)2-4-11-5-3-9/h8,11H,1-7H2. The van der Waals surface area contributed by atoms with Crippen molar-refractivity contribution in [2.24, 2.45) is 5.92 Å². The SMILES string of the molecule is FCC1CCSC12CCNCC2. The first kappa shape index (κ1) is 8.82. The molecule has 3 heteroatoms. The summed E-state index contributed by atoms with van der Waals surface area (Å²) in [7, 11) is 0. The predicted octanol–water partition coefficient (Wildman–Crippen LogP) is 1.83. The molecular formula is C9H16FNS. The molecule has 1 nitrogen and oxygen atoms in total. The molecule has 1 atom stereocenters. The predicted molar refractivity (Wildman–Crippen MR) is 51.4 cm³/mol. The van der Waals surface area contributed by atoms with Crippen LogP contribution in [0.15, 0.2) is 0 Å². The zero-order valence-corrected chi connectivity index (χ0v) is 8.13. The normalized spacial score (nSPS) is 34.2. The van der Waals surface area contributed by atoms with Crippen LogP contribution in [0.2, 0.25) is 0 Å². The van der Waals surface area contributed by atoms with Crippen LogP contribution in [0.3, 0.4) is 0 Å². The molecule has 2 saturated heterocycles. The third-order valence-electron chi connectivity index (χ3n) is 3.24. The summed E-state index contributed by atoms with van der Waals surface area (Å²) < 4.78 is 13.0. The average Bonchev–Trinajstić information content (AvgIpc) is 2.49. The number of halogens is 1. The molecule has 1 N–H and O–H groups in total. The number of rotatable bonds is 1. The number of hydrogen-bond acceptors (Lipinski definition) is 2. The van der Waals surface area contributed by atoms with Crippen molar-refractivity contribution in [3.8, 4) is 0 Å². The maximum Gasteiger partial charge on any atom is 0.0936 e. The van der Waals surface area contributed by atoms with E-state index in [2.05, 4.69) is 5.32 Å². The van der Waals surface area contributed by atoms with Gasteiger partial charge in [0.05, 0.1) is 6.67 Å². The van der Waals surface area contributed by atoms with Crippen LogP contribution in [0.1, 0.15) is 19.3 Å². The minimum absolute atomic E-state index is 0.104. The number of thioether (sulfide) groups is 1. The van der Waals surface area contributed by atoms with Crippen LogP contribution < -0.4 is 5.32 Å². The Labute approximate surface area is 77.5 Å². The highest BCUT2D eigenvalue weighted by molar-refractivity contribution is 8.00. The topological polar surface area (TPSA) is 12.0 Å². The molecule has 2 aliphatic rings. The van der Waals surface area contributed by atoms with Gasteiger partial charge in [-0.25, -0.2) is 0 Å². The Morgan fingerprint density at radius 1 is 1.42 bits per heavy atom. The Balaban J connectivity index is 2.05. The smallest absolute Gasteiger partial charge is 0.0936 e. The Bertz CT molecular complexity index is 157. The molecule has 0 aliphatic carbocycles. The minimum atomic E-state index is -0.104. The molecule has 70 valence electrons. The lowest BCUT2D eigenvalue weighted by Crippen LogP contribution is -2.43. The van der Waals surface area contributed by atoms with Crippen LogP contribution in [-0.4, -0.2) is 30.3 Å². The van der Waals surface area contributed by atoms with Gasteiger partial charge in [0.1, 0.15) is 0 Å². The molecule has 0 aromatic rings. The van der Waals surface area contributed by atoms with Crippen molar-refractivity contribution in [2.45, 2.75) is 24.0 Å². The zero-order chi connectivity index (χ0) is 8.44. The Morgan fingerprint density at radius 2 is 2.17 bits per heavy atom. The molecule has 12 heavy (non-hydrogen) atoms. The van der Waals surface area contributed by atoms with Crippen LogP contribution in [0.4, 0.5) is 4.39 Å². The Morgan fingerprint density at radius 3 is 2.83 bits per heavy atom. The fraction of sp³-hybridized carbons (Fsp3) is 1.00. The molecule has 0 aromatic heterocycles. The van der Waals surface area contributed by atoms with Gasteiger partial charge in [-0.1, -0.05) is 0 Å². The summed E-state index contributed by atoms with van der Waals surface area (Å²) in [5.41, 5.74) is 0. The highest BCUT2D eigenvalue weighted by atomic mass is 32.2. The molecule has 2 rings (SSSR count). The van der Waals surface area contributed by atoms with Crippen LogP contribution in [0.25, 0.3) is 0 Å². The van der Waals surface area contributed by atoms with Crippen molar-refractivity contribution in [1.82, 2.24) is 5.32 Å². The largest absolute Gasteiger partial charge is 0.317 e. The van der Waals surface area contributed by atoms with E-state index in [-0.39, 0.29) is 6.67 Å². The second-order valence-corrected chi connectivity index (χ2v) is 5.31. The third-order valence-corrected chi connectivity index (χ3v) is 4.99. The summed E-state index contributed by atoms with van der Waals surface area (Å²) in [6.07, 6.45) is 3.44. The highest BCUT2D eigenvalue weighted by Gasteiger charge is 2.43. The monoisotopic (exact) mass is 189 g/mol. The van der Waals surface area contributed by atoms with E-state index >= 15 is 0 Å². The van der Waals surface area contributed by atoms with Gasteiger partial charge < -0.3 is 5.32 Å². The van der Waals surface area contributed by atoms with Crippen molar-refractivity contribution < 1.29 is 4.39 Å². The van der Waals surface area contributed by atoms with Crippen molar-refractivity contribution in [1.29, 1.82) is 0 Å². The molecule has 1 unspecified atom stereocenters. The van der Waals surface area contributed by atoms with Crippen LogP contribution in [0.5, 0.6) is 0 Å².